The van der Waals surface area contributed by atoms with Crippen LogP contribution >= 0.6 is 11.6 Å². The van der Waals surface area contributed by atoms with E-state index in [2.05, 4.69) is 29.9 Å². The Labute approximate surface area is 203 Å². The van der Waals surface area contributed by atoms with E-state index in [4.69, 9.17) is 16.7 Å². The molecule has 1 unspecified atom stereocenters. The molecule has 0 spiro atoms. The van der Waals surface area contributed by atoms with Gasteiger partial charge < -0.3 is 5.32 Å². The van der Waals surface area contributed by atoms with E-state index in [0.29, 0.717) is 28.5 Å². The van der Waals surface area contributed by atoms with Crippen LogP contribution in [0, 0.1) is 5.92 Å². The number of nitrogens with zero attached hydrogens (tertiary/aromatic N) is 2. The molecule has 1 aromatic heterocycles. The highest BCUT2D eigenvalue weighted by Gasteiger charge is 2.28. The van der Waals surface area contributed by atoms with Crippen LogP contribution in [0.25, 0.3) is 0 Å². The van der Waals surface area contributed by atoms with Gasteiger partial charge in [-0.15, -0.1) is 0 Å². The summed E-state index contributed by atoms with van der Waals surface area (Å²) in [6, 6.07) is 7.32. The van der Waals surface area contributed by atoms with Crippen LogP contribution in [0.2, 0.25) is 5.02 Å². The smallest absolute Gasteiger partial charge is 0.253 e. The second-order valence-corrected chi connectivity index (χ2v) is 10.1. The van der Waals surface area contributed by atoms with Crippen molar-refractivity contribution < 1.29 is 9.18 Å². The molecule has 1 N–H and O–H groups in total. The molecule has 1 aliphatic rings. The Balaban J connectivity index is 1.58. The maximum atomic E-state index is 15.2. The van der Waals surface area contributed by atoms with Gasteiger partial charge in [0, 0.05) is 18.3 Å². The first-order valence-electron chi connectivity index (χ1n) is 12.6. The van der Waals surface area contributed by atoms with Gasteiger partial charge in [-0.1, -0.05) is 51.3 Å². The zero-order valence-corrected chi connectivity index (χ0v) is 21.3. The number of nitrogens with one attached hydrogen (secondary N) is 1. The number of benzene rings is 1. The van der Waals surface area contributed by atoms with Gasteiger partial charge in [-0.25, -0.2) is 4.39 Å². The number of alkyl halides is 1. The monoisotopic (exact) mass is 475 g/mol. The SMILES string of the molecule is CCCCC(C)(F)c1ccc(Cl)c(C(=O)NC2CCC(Cn3nc(CC)cc3CC)CC2)c1. The molecule has 1 amide bonds. The lowest BCUT2D eigenvalue weighted by Gasteiger charge is -2.29. The highest BCUT2D eigenvalue weighted by molar-refractivity contribution is 6.33. The van der Waals surface area contributed by atoms with Gasteiger partial charge in [0.1, 0.15) is 5.67 Å². The van der Waals surface area contributed by atoms with Crippen molar-refractivity contribution in [2.24, 2.45) is 5.92 Å². The Bertz CT molecular complexity index is 931. The number of carbonyl (C=O) groups excluding carboxylic acids is 1. The van der Waals surface area contributed by atoms with E-state index in [1.54, 1.807) is 25.1 Å². The number of aryl methyl sites for hydroxylation is 2. The summed E-state index contributed by atoms with van der Waals surface area (Å²) >= 11 is 6.33. The molecule has 2 aromatic rings. The lowest BCUT2D eigenvalue weighted by atomic mass is 9.85. The zero-order valence-electron chi connectivity index (χ0n) is 20.6. The second kappa shape index (κ2) is 11.5. The highest BCUT2D eigenvalue weighted by Crippen LogP contribution is 2.34. The van der Waals surface area contributed by atoms with Gasteiger partial charge in [0.05, 0.1) is 16.3 Å². The van der Waals surface area contributed by atoms with E-state index in [1.807, 2.05) is 6.92 Å². The van der Waals surface area contributed by atoms with E-state index in [0.717, 1.165) is 63.6 Å². The minimum absolute atomic E-state index is 0.125. The van der Waals surface area contributed by atoms with Crippen LogP contribution in [-0.4, -0.2) is 21.7 Å². The Kier molecular flexibility index (Phi) is 8.97. The average Bonchev–Trinajstić information content (AvgIpc) is 3.21. The topological polar surface area (TPSA) is 46.9 Å². The molecule has 1 atom stereocenters. The minimum Gasteiger partial charge on any atom is -0.349 e. The van der Waals surface area contributed by atoms with E-state index in [9.17, 15) is 4.79 Å². The molecule has 33 heavy (non-hydrogen) atoms. The molecular weight excluding hydrogens is 437 g/mol. The van der Waals surface area contributed by atoms with Crippen molar-refractivity contribution in [3.05, 3.63) is 51.8 Å². The molecule has 0 aliphatic heterocycles. The van der Waals surface area contributed by atoms with Crippen molar-refractivity contribution in [3.63, 3.8) is 0 Å². The number of hydrogen-bond donors (Lipinski definition) is 1. The number of halogens is 2. The minimum atomic E-state index is -1.46. The van der Waals surface area contributed by atoms with Crippen LogP contribution in [0.5, 0.6) is 0 Å². The molecule has 4 nitrogen and oxygen atoms in total. The number of unbranched alkanes of at least 4 members (excludes halogenated alkanes) is 1. The van der Waals surface area contributed by atoms with Crippen molar-refractivity contribution in [1.29, 1.82) is 0 Å². The summed E-state index contributed by atoms with van der Waals surface area (Å²) < 4.78 is 17.3. The predicted octanol–water partition coefficient (Wildman–Crippen LogP) is 7.03. The maximum Gasteiger partial charge on any atom is 0.253 e. The first-order valence-corrected chi connectivity index (χ1v) is 13.0. The van der Waals surface area contributed by atoms with Crippen molar-refractivity contribution >= 4 is 17.5 Å². The van der Waals surface area contributed by atoms with Crippen LogP contribution in [0.4, 0.5) is 4.39 Å². The zero-order chi connectivity index (χ0) is 24.0. The van der Waals surface area contributed by atoms with E-state index in [-0.39, 0.29) is 11.9 Å². The Hall–Kier alpha value is -1.88. The molecule has 0 radical (unpaired) electrons. The largest absolute Gasteiger partial charge is 0.349 e. The second-order valence-electron chi connectivity index (χ2n) is 9.70. The summed E-state index contributed by atoms with van der Waals surface area (Å²) in [6.45, 7) is 8.90. The summed E-state index contributed by atoms with van der Waals surface area (Å²) in [5, 5.41) is 8.28. The van der Waals surface area contributed by atoms with Gasteiger partial charge in [-0.2, -0.15) is 5.10 Å². The molecule has 1 saturated carbocycles. The molecular formula is C27H39ClFN3O. The molecule has 1 heterocycles. The summed E-state index contributed by atoms with van der Waals surface area (Å²) in [6.07, 6.45) is 8.12. The molecule has 1 fully saturated rings. The van der Waals surface area contributed by atoms with E-state index < -0.39 is 5.67 Å². The number of amides is 1. The number of aromatic nitrogens is 2. The molecule has 1 aliphatic carbocycles. The first-order chi connectivity index (χ1) is 15.8. The summed E-state index contributed by atoms with van der Waals surface area (Å²) in [5.41, 5.74) is 1.89. The van der Waals surface area contributed by atoms with Crippen LogP contribution in [0.3, 0.4) is 0 Å². The van der Waals surface area contributed by atoms with Crippen LogP contribution in [0.1, 0.15) is 99.9 Å². The standard InChI is InChI=1S/C27H39ClFN3O/c1-5-8-15-27(4,29)20-11-14-25(28)24(16-20)26(33)30-22-12-9-19(10-13-22)18-32-23(7-3)17-21(6-2)31-32/h11,14,16-17,19,22H,5-10,12-13,15,18H2,1-4H3,(H,30,33). The molecule has 0 bridgehead atoms. The third-order valence-corrected chi connectivity index (χ3v) is 7.39. The van der Waals surface area contributed by atoms with Crippen molar-refractivity contribution in [2.75, 3.05) is 0 Å². The Morgan fingerprint density at radius 2 is 1.91 bits per heavy atom. The van der Waals surface area contributed by atoms with Gasteiger partial charge >= 0.3 is 0 Å². The van der Waals surface area contributed by atoms with Crippen molar-refractivity contribution in [1.82, 2.24) is 15.1 Å². The summed E-state index contributed by atoms with van der Waals surface area (Å²) in [7, 11) is 0. The van der Waals surface area contributed by atoms with Gasteiger partial charge in [0.25, 0.3) is 5.91 Å². The van der Waals surface area contributed by atoms with Crippen molar-refractivity contribution in [2.45, 2.75) is 104 Å². The first kappa shape index (κ1) is 25.7. The summed E-state index contributed by atoms with van der Waals surface area (Å²) in [5.74, 6) is 0.371. The fraction of sp³-hybridized carbons (Fsp3) is 0.630. The fourth-order valence-corrected chi connectivity index (χ4v) is 5.01. The highest BCUT2D eigenvalue weighted by atomic mass is 35.5. The van der Waals surface area contributed by atoms with E-state index >= 15 is 4.39 Å². The molecule has 1 aromatic carbocycles. The number of carbonyl (C=O) groups is 1. The van der Waals surface area contributed by atoms with E-state index in [1.165, 1.54) is 5.69 Å². The molecule has 0 saturated heterocycles. The lowest BCUT2D eigenvalue weighted by Crippen LogP contribution is -2.38. The lowest BCUT2D eigenvalue weighted by molar-refractivity contribution is 0.0919. The number of rotatable bonds is 10. The normalized spacial score (nSPS) is 20.4. The molecule has 3 rings (SSSR count). The Morgan fingerprint density at radius 1 is 1.18 bits per heavy atom. The summed E-state index contributed by atoms with van der Waals surface area (Å²) in [4.78, 5) is 13.0. The Morgan fingerprint density at radius 3 is 2.55 bits per heavy atom. The third kappa shape index (κ3) is 6.59. The third-order valence-electron chi connectivity index (χ3n) is 7.06. The van der Waals surface area contributed by atoms with Gasteiger partial charge in [0.2, 0.25) is 0 Å². The quantitative estimate of drug-likeness (QED) is 0.401. The fourth-order valence-electron chi connectivity index (χ4n) is 4.80. The molecule has 182 valence electrons. The maximum absolute atomic E-state index is 15.2. The van der Waals surface area contributed by atoms with Gasteiger partial charge in [-0.05, 0) is 81.5 Å². The van der Waals surface area contributed by atoms with Crippen molar-refractivity contribution in [3.8, 4) is 0 Å². The molecule has 6 heteroatoms. The van der Waals surface area contributed by atoms with Crippen LogP contribution in [0.15, 0.2) is 24.3 Å². The van der Waals surface area contributed by atoms with Gasteiger partial charge in [-0.3, -0.25) is 9.48 Å². The number of hydrogen-bond acceptors (Lipinski definition) is 2. The average molecular weight is 476 g/mol. The van der Waals surface area contributed by atoms with Crippen LogP contribution < -0.4 is 5.32 Å². The van der Waals surface area contributed by atoms with Crippen LogP contribution in [-0.2, 0) is 25.1 Å². The predicted molar refractivity (Wildman–Crippen MR) is 134 cm³/mol. The van der Waals surface area contributed by atoms with Gasteiger partial charge in [0.15, 0.2) is 0 Å².